The Morgan fingerprint density at radius 3 is 0.586 bits per heavy atom. The van der Waals surface area contributed by atoms with Crippen LogP contribution in [-0.2, 0) is 65.4 Å². The van der Waals surface area contributed by atoms with Crippen molar-refractivity contribution >= 4 is 130 Å². The summed E-state index contributed by atoms with van der Waals surface area (Å²) in [5.41, 5.74) is 0. The number of rotatable bonds is 16. The second kappa shape index (κ2) is 41.9. The van der Waals surface area contributed by atoms with E-state index in [-0.39, 0.29) is 12.2 Å². The molecule has 0 amide bonds. The van der Waals surface area contributed by atoms with E-state index in [1.54, 1.807) is 43.6 Å². The third-order valence-electron chi connectivity index (χ3n) is 21.6. The molecule has 6 aliphatic rings. The van der Waals surface area contributed by atoms with Crippen LogP contribution in [0, 0.1) is 0 Å². The zero-order valence-corrected chi connectivity index (χ0v) is 72.2. The fourth-order valence-electron chi connectivity index (χ4n) is 16.4. The van der Waals surface area contributed by atoms with Crippen LogP contribution >= 0.6 is 0 Å². The van der Waals surface area contributed by atoms with Gasteiger partial charge in [-0.25, -0.2) is 0 Å². The van der Waals surface area contributed by atoms with Gasteiger partial charge in [-0.3, -0.25) is 0 Å². The van der Waals surface area contributed by atoms with Gasteiger partial charge < -0.3 is 28.4 Å². The minimum atomic E-state index is 0.224. The van der Waals surface area contributed by atoms with Crippen LogP contribution in [0.4, 0.5) is 0 Å². The summed E-state index contributed by atoms with van der Waals surface area (Å²) in [6.45, 7) is 13.9. The lowest BCUT2D eigenvalue weighted by molar-refractivity contribution is 0.245. The van der Waals surface area contributed by atoms with E-state index in [1.807, 2.05) is 13.8 Å². The zero-order valence-electron chi connectivity index (χ0n) is 67.3. The van der Waals surface area contributed by atoms with Crippen LogP contribution in [0.2, 0.25) is 0 Å². The Morgan fingerprint density at radius 2 is 0.387 bits per heavy atom. The second-order valence-electron chi connectivity index (χ2n) is 30.0. The summed E-state index contributed by atoms with van der Waals surface area (Å²) < 4.78 is 34.3. The summed E-state index contributed by atoms with van der Waals surface area (Å²) in [7, 11) is 6.24. The molecule has 6 aliphatic heterocycles. The van der Waals surface area contributed by atoms with Crippen LogP contribution in [0.1, 0.15) is 138 Å². The highest BCUT2D eigenvalue weighted by molar-refractivity contribution is 7.98. The number of hydrogen-bond donors (Lipinski definition) is 0. The Labute approximate surface area is 681 Å². The molecule has 12 aromatic rings. The Morgan fingerprint density at radius 1 is 0.216 bits per heavy atom. The molecule has 0 saturated carbocycles. The lowest BCUT2D eigenvalue weighted by Crippen LogP contribution is -2.18. The van der Waals surface area contributed by atoms with Crippen molar-refractivity contribution < 1.29 is 28.4 Å². The Bertz CT molecular complexity index is 4930. The maximum absolute atomic E-state index is 5.97. The van der Waals surface area contributed by atoms with E-state index in [0.717, 1.165) is 47.7 Å². The molecule has 0 bridgehead atoms. The number of fused-ring (bicyclic) bond motifs is 6. The third kappa shape index (κ3) is 21.0. The molecule has 0 aliphatic carbocycles. The van der Waals surface area contributed by atoms with Gasteiger partial charge in [-0.1, -0.05) is 109 Å². The summed E-state index contributed by atoms with van der Waals surface area (Å²) in [5.74, 6) is 22.6. The molecule has 12 aromatic carbocycles. The van der Waals surface area contributed by atoms with Crippen LogP contribution < -0.4 is 28.4 Å². The van der Waals surface area contributed by atoms with Gasteiger partial charge in [0.2, 0.25) is 0 Å². The van der Waals surface area contributed by atoms with Crippen molar-refractivity contribution in [2.75, 3.05) is 96.5 Å². The molecule has 12 heteroatoms. The van der Waals surface area contributed by atoms with Crippen LogP contribution in [0.25, 0.3) is 64.6 Å². The van der Waals surface area contributed by atoms with Crippen molar-refractivity contribution in [3.05, 3.63) is 218 Å². The van der Waals surface area contributed by atoms with Gasteiger partial charge in [-0.2, -0.15) is 0 Å². The highest BCUT2D eigenvalue weighted by Gasteiger charge is 2.34. The average Bonchev–Trinajstić information content (AvgIpc) is 1.67. The molecule has 6 saturated heterocycles. The molecule has 18 rings (SSSR count). The first-order valence-electron chi connectivity index (χ1n) is 41.4. The van der Waals surface area contributed by atoms with Gasteiger partial charge >= 0.3 is 0 Å². The molecular formula is C99H120O6S6+6. The Hall–Kier alpha value is -6.90. The SMILES string of the molecule is CC(C)Oc1ccc([S+]2CCCC2)c2ccccc12.CC(C)Oc1ccc([S+]2CCCCC2)c2ccccc12.CCOc1ccc([S+]2CCCC2)c2ccccc12.CCOc1ccc([S+]2CCCCC2)c2ccccc12.COc1ccc([S+]2CCCC2)c2ccccc12.COc1ccc([S+]2CCCCC2)c2ccccc12. The molecular weight excluding hydrogens is 1480 g/mol. The molecule has 582 valence electrons. The monoisotopic (exact) mass is 1600 g/mol. The molecule has 6 nitrogen and oxygen atoms in total. The minimum Gasteiger partial charge on any atom is -0.496 e. The molecule has 0 N–H and O–H groups in total. The van der Waals surface area contributed by atoms with E-state index >= 15 is 0 Å². The van der Waals surface area contributed by atoms with Gasteiger partial charge in [-0.15, -0.1) is 0 Å². The molecule has 0 unspecified atom stereocenters. The number of benzene rings is 12. The second-order valence-corrected chi connectivity index (χ2v) is 43.4. The van der Waals surface area contributed by atoms with Crippen molar-refractivity contribution in [1.29, 1.82) is 0 Å². The predicted octanol–water partition coefficient (Wildman–Crippen LogP) is 25.2. The van der Waals surface area contributed by atoms with Crippen molar-refractivity contribution in [1.82, 2.24) is 0 Å². The lowest BCUT2D eigenvalue weighted by atomic mass is 10.1. The van der Waals surface area contributed by atoms with Gasteiger partial charge in [0.05, 0.1) is 39.6 Å². The number of ether oxygens (including phenoxy) is 6. The molecule has 6 heterocycles. The van der Waals surface area contributed by atoms with E-state index in [9.17, 15) is 0 Å². The third-order valence-corrected chi connectivity index (χ3v) is 36.9. The van der Waals surface area contributed by atoms with Gasteiger partial charge in [-0.05, 0) is 247 Å². The lowest BCUT2D eigenvalue weighted by Gasteiger charge is -2.17. The molecule has 0 spiro atoms. The molecule has 6 fully saturated rings. The van der Waals surface area contributed by atoms with E-state index in [2.05, 4.69) is 246 Å². The van der Waals surface area contributed by atoms with Crippen molar-refractivity contribution in [2.24, 2.45) is 0 Å². The predicted molar refractivity (Wildman–Crippen MR) is 492 cm³/mol. The summed E-state index contributed by atoms with van der Waals surface area (Å²) in [6, 6.07) is 78.8. The average molecular weight is 1600 g/mol. The van der Waals surface area contributed by atoms with E-state index in [4.69, 9.17) is 28.4 Å². The van der Waals surface area contributed by atoms with Crippen LogP contribution in [-0.4, -0.2) is 109 Å². The fraction of sp³-hybridized carbons (Fsp3) is 0.394. The van der Waals surface area contributed by atoms with Crippen LogP contribution in [0.3, 0.4) is 0 Å². The summed E-state index contributed by atoms with van der Waals surface area (Å²) >= 11 is 0. The highest BCUT2D eigenvalue weighted by Crippen LogP contribution is 2.42. The van der Waals surface area contributed by atoms with Gasteiger partial charge in [0.25, 0.3) is 0 Å². The summed E-state index contributed by atoms with van der Waals surface area (Å²) in [4.78, 5) is 9.29. The topological polar surface area (TPSA) is 55.4 Å². The normalized spacial score (nSPS) is 16.6. The molecule has 0 radical (unpaired) electrons. The first kappa shape index (κ1) is 82.1. The number of methoxy groups -OCH3 is 2. The van der Waals surface area contributed by atoms with Crippen LogP contribution in [0.5, 0.6) is 34.5 Å². The first-order chi connectivity index (χ1) is 54.6. The minimum absolute atomic E-state index is 0.224. The quantitative estimate of drug-likeness (QED) is 0.0899. The van der Waals surface area contributed by atoms with Gasteiger partial charge in [0.15, 0.2) is 29.4 Å². The Balaban J connectivity index is 0.000000117. The summed E-state index contributed by atoms with van der Waals surface area (Å²) in [5, 5.41) is 16.0. The fourth-order valence-corrected chi connectivity index (χ4v) is 31.4. The van der Waals surface area contributed by atoms with E-state index in [1.165, 1.54) is 230 Å². The highest BCUT2D eigenvalue weighted by atomic mass is 32.2. The standard InChI is InChI=1S/C18H23OS.2C17H21OS.2C16H19OS.C15H17OS/c1-14(2)19-17-10-11-18(20-12-6-3-7-13-20)16-9-5-4-8-15(16)17;1-13(2)18-16-9-10-17(19-11-5-6-12-19)15-8-4-3-7-14(15)16;1-2-18-16-10-11-17(19-12-6-3-7-13-19)15-9-5-4-8-14(15)16;1-17-15-9-10-16(18-11-5-2-6-12-18)14-8-4-3-7-13(14)15;1-2-17-15-9-10-16(18-11-5-6-12-18)14-8-4-3-7-13(14)15;1-16-14-8-9-15(17-10-4-5-11-17)13-7-3-2-6-12(13)14/h4-5,8-11,14H,3,6-7,12-13H2,1-2H3;3-4,7-10,13H,5-6,11-12H2,1-2H3;4-5,8-11H,2-3,6-7,12-13H2,1H3;2*3-4,7-10H,2,5-6,11-12H2,1H3;2-3,6-9H,4-5,10-11H2,1H3/q6*+1. The maximum Gasteiger partial charge on any atom is 0.162 e. The van der Waals surface area contributed by atoms with Crippen molar-refractivity contribution in [2.45, 2.75) is 179 Å². The van der Waals surface area contributed by atoms with E-state index < -0.39 is 0 Å². The first-order valence-corrected chi connectivity index (χ1v) is 50.8. The largest absolute Gasteiger partial charge is 0.496 e. The van der Waals surface area contributed by atoms with Crippen LogP contribution in [0.15, 0.2) is 248 Å². The van der Waals surface area contributed by atoms with Crippen molar-refractivity contribution in [3.63, 3.8) is 0 Å². The smallest absolute Gasteiger partial charge is 0.162 e. The van der Waals surface area contributed by atoms with E-state index in [0.29, 0.717) is 65.4 Å². The molecule has 111 heavy (non-hydrogen) atoms. The maximum atomic E-state index is 5.97. The molecule has 0 atom stereocenters. The molecule has 0 aromatic heterocycles. The zero-order chi connectivity index (χ0) is 76.7. The van der Waals surface area contributed by atoms with Gasteiger partial charge in [0.1, 0.15) is 104 Å². The van der Waals surface area contributed by atoms with Crippen molar-refractivity contribution in [3.8, 4) is 34.5 Å². The summed E-state index contributed by atoms with van der Waals surface area (Å²) in [6.07, 6.45) is 21.4. The van der Waals surface area contributed by atoms with Gasteiger partial charge in [0, 0.05) is 130 Å². The number of hydrogen-bond acceptors (Lipinski definition) is 6. The Kier molecular flexibility index (Phi) is 31.0.